The summed E-state index contributed by atoms with van der Waals surface area (Å²) in [6.45, 7) is 1.57. The molecule has 0 amide bonds. The number of carbonyl (C=O) groups is 1. The van der Waals surface area contributed by atoms with Crippen molar-refractivity contribution in [3.63, 3.8) is 0 Å². The van der Waals surface area contributed by atoms with Crippen LogP contribution in [0.2, 0.25) is 0 Å². The molecule has 26 heavy (non-hydrogen) atoms. The Bertz CT molecular complexity index is 885. The standard InChI is InChI=1S/C15H15F2N3O4S2/c1-10-8-19(26(22,23)14-11(16)3-2-4-12(14)17)5-6-20(10)24-15(21)13-7-18-9-25-13/h2-4,7,9-10H,5-6,8H2,1H3. The number of piperazine rings is 1. The molecular formula is C15H15F2N3O4S2. The van der Waals surface area contributed by atoms with Crippen LogP contribution >= 0.6 is 11.3 Å². The van der Waals surface area contributed by atoms with E-state index in [9.17, 15) is 22.0 Å². The van der Waals surface area contributed by atoms with Gasteiger partial charge in [0.2, 0.25) is 10.0 Å². The second-order valence-electron chi connectivity index (χ2n) is 5.65. The van der Waals surface area contributed by atoms with Crippen molar-refractivity contribution in [2.24, 2.45) is 0 Å². The van der Waals surface area contributed by atoms with Gasteiger partial charge >= 0.3 is 5.97 Å². The van der Waals surface area contributed by atoms with E-state index in [-0.39, 0.29) is 19.6 Å². The highest BCUT2D eigenvalue weighted by Crippen LogP contribution is 2.25. The van der Waals surface area contributed by atoms with E-state index in [0.29, 0.717) is 4.88 Å². The summed E-state index contributed by atoms with van der Waals surface area (Å²) < 4.78 is 53.9. The minimum absolute atomic E-state index is 0.0704. The van der Waals surface area contributed by atoms with Crippen molar-refractivity contribution in [2.75, 3.05) is 19.6 Å². The molecule has 2 aromatic rings. The molecule has 1 aliphatic rings. The van der Waals surface area contributed by atoms with Crippen molar-refractivity contribution < 1.29 is 26.8 Å². The zero-order valence-corrected chi connectivity index (χ0v) is 15.3. The van der Waals surface area contributed by atoms with E-state index in [4.69, 9.17) is 4.84 Å². The summed E-state index contributed by atoms with van der Waals surface area (Å²) in [5, 5.41) is 1.35. The number of halogens is 2. The monoisotopic (exact) mass is 403 g/mol. The van der Waals surface area contributed by atoms with E-state index in [1.165, 1.54) is 16.8 Å². The average molecular weight is 403 g/mol. The predicted molar refractivity (Wildman–Crippen MR) is 88.8 cm³/mol. The second-order valence-corrected chi connectivity index (χ2v) is 8.41. The van der Waals surface area contributed by atoms with Gasteiger partial charge in [-0.3, -0.25) is 4.98 Å². The molecule has 1 aliphatic heterocycles. The van der Waals surface area contributed by atoms with Crippen molar-refractivity contribution in [2.45, 2.75) is 17.9 Å². The Morgan fingerprint density at radius 3 is 2.58 bits per heavy atom. The number of hydrogen-bond donors (Lipinski definition) is 0. The predicted octanol–water partition coefficient (Wildman–Crippen LogP) is 1.89. The van der Waals surface area contributed by atoms with E-state index in [2.05, 4.69) is 4.98 Å². The lowest BCUT2D eigenvalue weighted by atomic mass is 10.3. The third kappa shape index (κ3) is 3.61. The largest absolute Gasteiger partial charge is 0.368 e. The van der Waals surface area contributed by atoms with Crippen LogP contribution in [0.15, 0.2) is 34.8 Å². The lowest BCUT2D eigenvalue weighted by molar-refractivity contribution is -0.149. The number of hydroxylamine groups is 2. The second kappa shape index (κ2) is 7.35. The van der Waals surface area contributed by atoms with Gasteiger partial charge in [0.1, 0.15) is 16.5 Å². The van der Waals surface area contributed by atoms with Crippen LogP contribution in [0.4, 0.5) is 8.78 Å². The summed E-state index contributed by atoms with van der Waals surface area (Å²) in [5.74, 6) is -2.87. The van der Waals surface area contributed by atoms with E-state index in [0.717, 1.165) is 33.8 Å². The Hall–Kier alpha value is -1.95. The Labute approximate surface area is 152 Å². The maximum atomic E-state index is 13.9. The van der Waals surface area contributed by atoms with Gasteiger partial charge in [0.05, 0.1) is 17.7 Å². The molecule has 1 aromatic carbocycles. The van der Waals surface area contributed by atoms with Crippen LogP contribution in [0.1, 0.15) is 16.6 Å². The Balaban J connectivity index is 1.73. The van der Waals surface area contributed by atoms with Crippen LogP contribution in [0.25, 0.3) is 0 Å². The smallest absolute Gasteiger partial charge is 0.363 e. The number of thiazole rings is 1. The van der Waals surface area contributed by atoms with Gasteiger partial charge in [-0.25, -0.2) is 22.0 Å². The van der Waals surface area contributed by atoms with Crippen LogP contribution in [-0.2, 0) is 14.9 Å². The first-order chi connectivity index (χ1) is 12.3. The van der Waals surface area contributed by atoms with Crippen LogP contribution < -0.4 is 0 Å². The Morgan fingerprint density at radius 1 is 1.31 bits per heavy atom. The average Bonchev–Trinajstić information content (AvgIpc) is 3.11. The lowest BCUT2D eigenvalue weighted by Gasteiger charge is -2.37. The summed E-state index contributed by atoms with van der Waals surface area (Å²) in [4.78, 5) is 20.4. The maximum Gasteiger partial charge on any atom is 0.368 e. The molecule has 0 saturated carbocycles. The molecule has 1 unspecified atom stereocenters. The number of nitrogens with zero attached hydrogens (tertiary/aromatic N) is 3. The van der Waals surface area contributed by atoms with Gasteiger partial charge in [-0.05, 0) is 19.1 Å². The maximum absolute atomic E-state index is 13.9. The van der Waals surface area contributed by atoms with E-state index in [1.54, 1.807) is 6.92 Å². The van der Waals surface area contributed by atoms with Crippen LogP contribution in [0.3, 0.4) is 0 Å². The van der Waals surface area contributed by atoms with Crippen LogP contribution in [0.5, 0.6) is 0 Å². The molecule has 1 saturated heterocycles. The van der Waals surface area contributed by atoms with Gasteiger partial charge < -0.3 is 4.84 Å². The summed E-state index contributed by atoms with van der Waals surface area (Å²) in [7, 11) is -4.34. The van der Waals surface area contributed by atoms with E-state index < -0.39 is 38.6 Å². The summed E-state index contributed by atoms with van der Waals surface area (Å²) in [6, 6.07) is 2.40. The highest BCUT2D eigenvalue weighted by Gasteiger charge is 2.37. The normalized spacial score (nSPS) is 19.4. The van der Waals surface area contributed by atoms with Crippen LogP contribution in [-0.4, -0.2) is 54.4 Å². The molecule has 140 valence electrons. The van der Waals surface area contributed by atoms with Crippen molar-refractivity contribution in [3.8, 4) is 0 Å². The van der Waals surface area contributed by atoms with E-state index in [1.807, 2.05) is 0 Å². The highest BCUT2D eigenvalue weighted by atomic mass is 32.2. The first kappa shape index (κ1) is 18.8. The minimum atomic E-state index is -4.34. The Morgan fingerprint density at radius 2 is 2.00 bits per heavy atom. The zero-order chi connectivity index (χ0) is 18.9. The van der Waals surface area contributed by atoms with Crippen molar-refractivity contribution in [3.05, 3.63) is 46.4 Å². The van der Waals surface area contributed by atoms with Gasteiger partial charge in [0.15, 0.2) is 4.90 Å². The Kier molecular flexibility index (Phi) is 5.32. The molecule has 0 aliphatic carbocycles. The topological polar surface area (TPSA) is 79.8 Å². The van der Waals surface area contributed by atoms with Gasteiger partial charge in [-0.2, -0.15) is 4.31 Å². The van der Waals surface area contributed by atoms with E-state index >= 15 is 0 Å². The molecule has 1 atom stereocenters. The molecule has 7 nitrogen and oxygen atoms in total. The zero-order valence-electron chi connectivity index (χ0n) is 13.6. The van der Waals surface area contributed by atoms with Gasteiger partial charge in [-0.15, -0.1) is 16.4 Å². The fraction of sp³-hybridized carbons (Fsp3) is 0.333. The number of carbonyl (C=O) groups excluding carboxylic acids is 1. The van der Waals surface area contributed by atoms with Gasteiger partial charge in [0.25, 0.3) is 0 Å². The quantitative estimate of drug-likeness (QED) is 0.776. The SMILES string of the molecule is CC1CN(S(=O)(=O)c2c(F)cccc2F)CCN1OC(=O)c1cncs1. The highest BCUT2D eigenvalue weighted by molar-refractivity contribution is 7.89. The van der Waals surface area contributed by atoms with Crippen molar-refractivity contribution >= 4 is 27.3 Å². The van der Waals surface area contributed by atoms with Gasteiger partial charge in [-0.1, -0.05) is 6.07 Å². The molecule has 0 N–H and O–H groups in total. The molecule has 3 rings (SSSR count). The van der Waals surface area contributed by atoms with Crippen molar-refractivity contribution in [1.82, 2.24) is 14.4 Å². The molecule has 0 spiro atoms. The molecule has 0 radical (unpaired) electrons. The van der Waals surface area contributed by atoms with Crippen molar-refractivity contribution in [1.29, 1.82) is 0 Å². The number of aromatic nitrogens is 1. The summed E-state index contributed by atoms with van der Waals surface area (Å²) in [5.41, 5.74) is 1.49. The van der Waals surface area contributed by atoms with Crippen LogP contribution in [0, 0.1) is 11.6 Å². The fourth-order valence-corrected chi connectivity index (χ4v) is 4.70. The lowest BCUT2D eigenvalue weighted by Crippen LogP contribution is -2.54. The number of rotatable bonds is 4. The molecular weight excluding hydrogens is 388 g/mol. The molecule has 0 bridgehead atoms. The third-order valence-corrected chi connectivity index (χ3v) is 6.55. The van der Waals surface area contributed by atoms with Gasteiger partial charge in [0, 0.05) is 19.6 Å². The third-order valence-electron chi connectivity index (χ3n) is 3.88. The number of hydrogen-bond acceptors (Lipinski definition) is 7. The molecule has 11 heteroatoms. The molecule has 1 fully saturated rings. The minimum Gasteiger partial charge on any atom is -0.363 e. The summed E-state index contributed by atoms with van der Waals surface area (Å²) >= 11 is 1.12. The number of sulfonamides is 1. The fourth-order valence-electron chi connectivity index (χ4n) is 2.59. The molecule has 1 aromatic heterocycles. The first-order valence-corrected chi connectivity index (χ1v) is 9.94. The summed E-state index contributed by atoms with van der Waals surface area (Å²) in [6.07, 6.45) is 1.37. The molecule has 2 heterocycles. The number of benzene rings is 1. The first-order valence-electron chi connectivity index (χ1n) is 7.62.